The molecule has 1 rings (SSSR count). The van der Waals surface area contributed by atoms with E-state index in [1.807, 2.05) is 6.92 Å². The van der Waals surface area contributed by atoms with E-state index in [2.05, 4.69) is 26.1 Å². The van der Waals surface area contributed by atoms with Crippen LogP contribution in [0.15, 0.2) is 18.2 Å². The summed E-state index contributed by atoms with van der Waals surface area (Å²) in [4.78, 5) is 23.0. The molecule has 1 aromatic rings. The standard InChI is InChI=1S/C16H23NO3/c1-10-6-7-12(9-13(10)15(19)20)17-14(18)8-11(2)16(3,4)5/h6-7,9,11H,8H2,1-5H3,(H,17,18)(H,19,20). The van der Waals surface area contributed by atoms with Gasteiger partial charge >= 0.3 is 5.97 Å². The molecule has 0 radical (unpaired) electrons. The number of hydrogen-bond donors (Lipinski definition) is 2. The molecule has 110 valence electrons. The molecule has 0 bridgehead atoms. The molecule has 1 amide bonds. The third-order valence-electron chi connectivity index (χ3n) is 3.72. The number of anilines is 1. The lowest BCUT2D eigenvalue weighted by molar-refractivity contribution is -0.117. The van der Waals surface area contributed by atoms with Crippen molar-refractivity contribution in [3.8, 4) is 0 Å². The van der Waals surface area contributed by atoms with Crippen molar-refractivity contribution in [1.82, 2.24) is 0 Å². The van der Waals surface area contributed by atoms with Gasteiger partial charge in [0, 0.05) is 12.1 Å². The molecule has 0 heterocycles. The Bertz CT molecular complexity index is 515. The zero-order valence-corrected chi connectivity index (χ0v) is 12.8. The van der Waals surface area contributed by atoms with E-state index >= 15 is 0 Å². The number of carboxylic acid groups (broad SMARTS) is 1. The molecule has 0 spiro atoms. The van der Waals surface area contributed by atoms with Gasteiger partial charge in [-0.15, -0.1) is 0 Å². The highest BCUT2D eigenvalue weighted by molar-refractivity contribution is 5.94. The second-order valence-corrected chi connectivity index (χ2v) is 6.35. The second kappa shape index (κ2) is 6.07. The Kier molecular flexibility index (Phi) is 4.93. The largest absolute Gasteiger partial charge is 0.478 e. The van der Waals surface area contributed by atoms with Crippen LogP contribution in [-0.4, -0.2) is 17.0 Å². The van der Waals surface area contributed by atoms with Gasteiger partial charge in [-0.05, 0) is 36.0 Å². The van der Waals surface area contributed by atoms with E-state index in [4.69, 9.17) is 5.11 Å². The maximum absolute atomic E-state index is 12.0. The van der Waals surface area contributed by atoms with Crippen molar-refractivity contribution in [2.45, 2.75) is 41.0 Å². The highest BCUT2D eigenvalue weighted by Gasteiger charge is 2.22. The predicted molar refractivity (Wildman–Crippen MR) is 80.0 cm³/mol. The Morgan fingerprint density at radius 1 is 1.30 bits per heavy atom. The molecule has 0 aliphatic heterocycles. The third-order valence-corrected chi connectivity index (χ3v) is 3.72. The number of carbonyl (C=O) groups is 2. The van der Waals surface area contributed by atoms with E-state index in [-0.39, 0.29) is 22.8 Å². The predicted octanol–water partition coefficient (Wildman–Crippen LogP) is 3.70. The molecular formula is C16H23NO3. The highest BCUT2D eigenvalue weighted by Crippen LogP contribution is 2.28. The van der Waals surface area contributed by atoms with Crippen LogP contribution in [0.2, 0.25) is 0 Å². The van der Waals surface area contributed by atoms with Gasteiger partial charge in [-0.3, -0.25) is 4.79 Å². The highest BCUT2D eigenvalue weighted by atomic mass is 16.4. The molecule has 0 saturated carbocycles. The topological polar surface area (TPSA) is 66.4 Å². The number of rotatable bonds is 4. The Morgan fingerprint density at radius 3 is 2.40 bits per heavy atom. The first kappa shape index (κ1) is 16.2. The minimum absolute atomic E-state index is 0.0663. The first-order chi connectivity index (χ1) is 9.11. The van der Waals surface area contributed by atoms with Gasteiger partial charge in [-0.25, -0.2) is 4.79 Å². The van der Waals surface area contributed by atoms with Crippen LogP contribution < -0.4 is 5.32 Å². The Labute approximate surface area is 120 Å². The van der Waals surface area contributed by atoms with Crippen molar-refractivity contribution in [2.24, 2.45) is 11.3 Å². The summed E-state index contributed by atoms with van der Waals surface area (Å²) in [5.74, 6) is -0.832. The lowest BCUT2D eigenvalue weighted by atomic mass is 9.80. The minimum Gasteiger partial charge on any atom is -0.478 e. The van der Waals surface area contributed by atoms with Crippen molar-refractivity contribution in [3.05, 3.63) is 29.3 Å². The molecule has 0 aliphatic rings. The van der Waals surface area contributed by atoms with Gasteiger partial charge in [0.25, 0.3) is 0 Å². The van der Waals surface area contributed by atoms with E-state index in [0.29, 0.717) is 17.7 Å². The summed E-state index contributed by atoms with van der Waals surface area (Å²) in [6.07, 6.45) is 0.416. The lowest BCUT2D eigenvalue weighted by Gasteiger charge is -2.26. The van der Waals surface area contributed by atoms with Crippen LogP contribution in [0.1, 0.15) is 50.0 Å². The van der Waals surface area contributed by atoms with Crippen molar-refractivity contribution in [3.63, 3.8) is 0 Å². The summed E-state index contributed by atoms with van der Waals surface area (Å²) in [5.41, 5.74) is 1.49. The molecule has 0 aromatic heterocycles. The molecule has 4 nitrogen and oxygen atoms in total. The number of carbonyl (C=O) groups excluding carboxylic acids is 1. The fraction of sp³-hybridized carbons (Fsp3) is 0.500. The fourth-order valence-corrected chi connectivity index (χ4v) is 1.73. The molecule has 0 saturated heterocycles. The number of benzene rings is 1. The number of amides is 1. The zero-order valence-electron chi connectivity index (χ0n) is 12.8. The van der Waals surface area contributed by atoms with Crippen LogP contribution >= 0.6 is 0 Å². The van der Waals surface area contributed by atoms with Crippen molar-refractivity contribution in [1.29, 1.82) is 0 Å². The molecule has 20 heavy (non-hydrogen) atoms. The Balaban J connectivity index is 2.77. The van der Waals surface area contributed by atoms with Crippen LogP contribution in [0, 0.1) is 18.3 Å². The normalized spacial score (nSPS) is 12.8. The van der Waals surface area contributed by atoms with Gasteiger partial charge in [0.2, 0.25) is 5.91 Å². The average Bonchev–Trinajstić information content (AvgIpc) is 2.29. The van der Waals surface area contributed by atoms with Gasteiger partial charge < -0.3 is 10.4 Å². The molecule has 1 atom stereocenters. The molecule has 0 aliphatic carbocycles. The van der Waals surface area contributed by atoms with Crippen molar-refractivity contribution < 1.29 is 14.7 Å². The first-order valence-corrected chi connectivity index (χ1v) is 6.75. The molecule has 4 heteroatoms. The Hall–Kier alpha value is -1.84. The quantitative estimate of drug-likeness (QED) is 0.881. The van der Waals surface area contributed by atoms with Gasteiger partial charge in [0.05, 0.1) is 5.56 Å². The van der Waals surface area contributed by atoms with Gasteiger partial charge in [0.1, 0.15) is 0 Å². The summed E-state index contributed by atoms with van der Waals surface area (Å²) in [6, 6.07) is 4.92. The van der Waals surface area contributed by atoms with E-state index in [9.17, 15) is 9.59 Å². The smallest absolute Gasteiger partial charge is 0.336 e. The van der Waals surface area contributed by atoms with E-state index in [0.717, 1.165) is 0 Å². The van der Waals surface area contributed by atoms with Crippen LogP contribution in [0.5, 0.6) is 0 Å². The molecule has 2 N–H and O–H groups in total. The van der Waals surface area contributed by atoms with E-state index < -0.39 is 5.97 Å². The molecule has 1 unspecified atom stereocenters. The Morgan fingerprint density at radius 2 is 1.90 bits per heavy atom. The summed E-state index contributed by atoms with van der Waals surface area (Å²) < 4.78 is 0. The van der Waals surface area contributed by atoms with Crippen LogP contribution in [0.25, 0.3) is 0 Å². The fourth-order valence-electron chi connectivity index (χ4n) is 1.73. The summed E-state index contributed by atoms with van der Waals surface area (Å²) in [6.45, 7) is 10.1. The first-order valence-electron chi connectivity index (χ1n) is 6.75. The average molecular weight is 277 g/mol. The number of nitrogens with one attached hydrogen (secondary N) is 1. The summed E-state index contributed by atoms with van der Waals surface area (Å²) >= 11 is 0. The second-order valence-electron chi connectivity index (χ2n) is 6.35. The summed E-state index contributed by atoms with van der Waals surface area (Å²) in [7, 11) is 0. The lowest BCUT2D eigenvalue weighted by Crippen LogP contribution is -2.24. The molecule has 1 aromatic carbocycles. The maximum Gasteiger partial charge on any atom is 0.336 e. The van der Waals surface area contributed by atoms with E-state index in [1.54, 1.807) is 19.1 Å². The van der Waals surface area contributed by atoms with Crippen molar-refractivity contribution >= 4 is 17.6 Å². The van der Waals surface area contributed by atoms with E-state index in [1.165, 1.54) is 6.07 Å². The number of hydrogen-bond acceptors (Lipinski definition) is 2. The van der Waals surface area contributed by atoms with Gasteiger partial charge in [-0.2, -0.15) is 0 Å². The number of aromatic carboxylic acids is 1. The monoisotopic (exact) mass is 277 g/mol. The summed E-state index contributed by atoms with van der Waals surface area (Å²) in [5, 5.41) is 11.8. The van der Waals surface area contributed by atoms with Crippen molar-refractivity contribution in [2.75, 3.05) is 5.32 Å². The number of carboxylic acids is 1. The minimum atomic E-state index is -0.985. The maximum atomic E-state index is 12.0. The number of aryl methyl sites for hydroxylation is 1. The van der Waals surface area contributed by atoms with Crippen LogP contribution in [0.3, 0.4) is 0 Å². The van der Waals surface area contributed by atoms with Crippen LogP contribution in [-0.2, 0) is 4.79 Å². The molecular weight excluding hydrogens is 254 g/mol. The van der Waals surface area contributed by atoms with Crippen LogP contribution in [0.4, 0.5) is 5.69 Å². The zero-order chi connectivity index (χ0) is 15.5. The van der Waals surface area contributed by atoms with Gasteiger partial charge in [0.15, 0.2) is 0 Å². The SMILES string of the molecule is Cc1ccc(NC(=O)CC(C)C(C)(C)C)cc1C(=O)O. The molecule has 0 fully saturated rings. The van der Waals surface area contributed by atoms with Gasteiger partial charge in [-0.1, -0.05) is 33.8 Å². The third kappa shape index (κ3) is 4.37.